The van der Waals surface area contributed by atoms with E-state index in [0.717, 1.165) is 40.8 Å². The van der Waals surface area contributed by atoms with Gasteiger partial charge >= 0.3 is 0 Å². The molecule has 0 fully saturated rings. The fraction of sp³-hybridized carbons (Fsp3) is 0.300. The van der Waals surface area contributed by atoms with Crippen molar-refractivity contribution in [3.8, 4) is 5.75 Å². The number of hydrogen-bond donors (Lipinski definition) is 2. The lowest BCUT2D eigenvalue weighted by Crippen LogP contribution is -2.20. The van der Waals surface area contributed by atoms with E-state index < -0.39 is 0 Å². The molecular weight excluding hydrogens is 388 g/mol. The Morgan fingerprint density at radius 1 is 1.14 bits per heavy atom. The standard InChI is InChI=1S/C20H24N6O2S/c1-15-3-7-17(8-4-15)22-19(27)14-28-18-9-5-16(6-10-18)13-21-11-12-29-20-23-24-25-26(20)2/h3-10,21H,11-14H2,1-2H3,(H,22,27). The second kappa shape index (κ2) is 10.6. The minimum Gasteiger partial charge on any atom is -0.484 e. The molecule has 0 bridgehead atoms. The maximum atomic E-state index is 12.0. The van der Waals surface area contributed by atoms with Crippen LogP contribution in [0, 0.1) is 6.92 Å². The maximum absolute atomic E-state index is 12.0. The molecule has 0 aliphatic rings. The number of aryl methyl sites for hydroxylation is 2. The number of benzene rings is 2. The molecule has 29 heavy (non-hydrogen) atoms. The van der Waals surface area contributed by atoms with Crippen molar-refractivity contribution >= 4 is 23.4 Å². The molecule has 0 aliphatic carbocycles. The second-order valence-electron chi connectivity index (χ2n) is 6.46. The topological polar surface area (TPSA) is 94.0 Å². The fourth-order valence-corrected chi connectivity index (χ4v) is 3.22. The molecule has 1 aromatic heterocycles. The zero-order valence-corrected chi connectivity index (χ0v) is 17.3. The van der Waals surface area contributed by atoms with Gasteiger partial charge in [-0.15, -0.1) is 5.10 Å². The highest BCUT2D eigenvalue weighted by molar-refractivity contribution is 7.99. The third-order valence-electron chi connectivity index (χ3n) is 4.05. The number of tetrazole rings is 1. The van der Waals surface area contributed by atoms with Gasteiger partial charge in [0.05, 0.1) is 0 Å². The van der Waals surface area contributed by atoms with Gasteiger partial charge in [-0.25, -0.2) is 4.68 Å². The van der Waals surface area contributed by atoms with Gasteiger partial charge < -0.3 is 15.4 Å². The number of ether oxygens (including phenoxy) is 1. The molecule has 0 atom stereocenters. The Kier molecular flexibility index (Phi) is 7.60. The lowest BCUT2D eigenvalue weighted by Gasteiger charge is -2.09. The molecule has 0 saturated carbocycles. The molecule has 0 aliphatic heterocycles. The first-order valence-corrected chi connectivity index (χ1v) is 10.2. The van der Waals surface area contributed by atoms with E-state index in [-0.39, 0.29) is 12.5 Å². The minimum absolute atomic E-state index is 0.0282. The molecule has 3 rings (SSSR count). The van der Waals surface area contributed by atoms with Crippen molar-refractivity contribution in [2.24, 2.45) is 7.05 Å². The predicted octanol–water partition coefficient (Wildman–Crippen LogP) is 2.42. The van der Waals surface area contributed by atoms with Gasteiger partial charge in [-0.3, -0.25) is 4.79 Å². The van der Waals surface area contributed by atoms with Crippen LogP contribution >= 0.6 is 11.8 Å². The molecule has 0 unspecified atom stereocenters. The summed E-state index contributed by atoms with van der Waals surface area (Å²) in [5.41, 5.74) is 3.06. The van der Waals surface area contributed by atoms with E-state index in [1.807, 2.05) is 62.5 Å². The quantitative estimate of drug-likeness (QED) is 0.390. The Labute approximate surface area is 174 Å². The van der Waals surface area contributed by atoms with Crippen molar-refractivity contribution in [3.63, 3.8) is 0 Å². The van der Waals surface area contributed by atoms with Gasteiger partial charge in [0, 0.05) is 31.6 Å². The third kappa shape index (κ3) is 6.88. The molecule has 2 aromatic carbocycles. The van der Waals surface area contributed by atoms with E-state index in [1.54, 1.807) is 16.4 Å². The summed E-state index contributed by atoms with van der Waals surface area (Å²) in [6.45, 7) is 3.57. The average Bonchev–Trinajstić information content (AvgIpc) is 3.13. The van der Waals surface area contributed by atoms with E-state index in [2.05, 4.69) is 26.2 Å². The molecule has 152 valence electrons. The Hall–Kier alpha value is -2.91. The van der Waals surface area contributed by atoms with Crippen molar-refractivity contribution in [3.05, 3.63) is 59.7 Å². The summed E-state index contributed by atoms with van der Waals surface area (Å²) in [5, 5.41) is 18.3. The third-order valence-corrected chi connectivity index (χ3v) is 5.06. The summed E-state index contributed by atoms with van der Waals surface area (Å²) < 4.78 is 7.21. The fourth-order valence-electron chi connectivity index (χ4n) is 2.48. The van der Waals surface area contributed by atoms with E-state index in [9.17, 15) is 4.79 Å². The van der Waals surface area contributed by atoms with Crippen LogP contribution in [0.25, 0.3) is 0 Å². The smallest absolute Gasteiger partial charge is 0.262 e. The van der Waals surface area contributed by atoms with Gasteiger partial charge in [0.15, 0.2) is 6.61 Å². The van der Waals surface area contributed by atoms with E-state index >= 15 is 0 Å². The SMILES string of the molecule is Cc1ccc(NC(=O)COc2ccc(CNCCSc3nnnn3C)cc2)cc1. The minimum atomic E-state index is -0.185. The van der Waals surface area contributed by atoms with Gasteiger partial charge in [0.2, 0.25) is 5.16 Å². The van der Waals surface area contributed by atoms with Gasteiger partial charge in [-0.2, -0.15) is 0 Å². The maximum Gasteiger partial charge on any atom is 0.262 e. The number of aromatic nitrogens is 4. The lowest BCUT2D eigenvalue weighted by molar-refractivity contribution is -0.118. The van der Waals surface area contributed by atoms with Crippen LogP contribution in [0.3, 0.4) is 0 Å². The van der Waals surface area contributed by atoms with Gasteiger partial charge in [0.1, 0.15) is 5.75 Å². The molecule has 9 heteroatoms. The lowest BCUT2D eigenvalue weighted by atomic mass is 10.2. The van der Waals surface area contributed by atoms with Crippen molar-refractivity contribution < 1.29 is 9.53 Å². The van der Waals surface area contributed by atoms with Crippen molar-refractivity contribution in [1.29, 1.82) is 0 Å². The Morgan fingerprint density at radius 3 is 2.59 bits per heavy atom. The number of thioether (sulfide) groups is 1. The van der Waals surface area contributed by atoms with Crippen molar-refractivity contribution in [1.82, 2.24) is 25.5 Å². The molecule has 8 nitrogen and oxygen atoms in total. The van der Waals surface area contributed by atoms with Crippen LogP contribution in [0.5, 0.6) is 5.75 Å². The number of hydrogen-bond acceptors (Lipinski definition) is 7. The Balaban J connectivity index is 1.33. The molecule has 0 radical (unpaired) electrons. The van der Waals surface area contributed by atoms with Crippen molar-refractivity contribution in [2.45, 2.75) is 18.6 Å². The van der Waals surface area contributed by atoms with E-state index in [1.165, 1.54) is 0 Å². The summed E-state index contributed by atoms with van der Waals surface area (Å²) in [7, 11) is 1.82. The number of nitrogens with one attached hydrogen (secondary N) is 2. The first-order valence-electron chi connectivity index (χ1n) is 9.24. The summed E-state index contributed by atoms with van der Waals surface area (Å²) in [4.78, 5) is 12.0. The molecule has 0 spiro atoms. The first-order chi connectivity index (χ1) is 14.1. The highest BCUT2D eigenvalue weighted by atomic mass is 32.2. The van der Waals surface area contributed by atoms with Gasteiger partial charge in [-0.05, 0) is 47.2 Å². The number of carbonyl (C=O) groups is 1. The largest absolute Gasteiger partial charge is 0.484 e. The zero-order chi connectivity index (χ0) is 20.5. The predicted molar refractivity (Wildman–Crippen MR) is 113 cm³/mol. The number of anilines is 1. The monoisotopic (exact) mass is 412 g/mol. The zero-order valence-electron chi connectivity index (χ0n) is 16.5. The Bertz CT molecular complexity index is 911. The highest BCUT2D eigenvalue weighted by Crippen LogP contribution is 2.14. The van der Waals surface area contributed by atoms with Gasteiger partial charge in [-0.1, -0.05) is 41.6 Å². The van der Waals surface area contributed by atoms with Gasteiger partial charge in [0.25, 0.3) is 5.91 Å². The summed E-state index contributed by atoms with van der Waals surface area (Å²) in [6.07, 6.45) is 0. The number of nitrogens with zero attached hydrogens (tertiary/aromatic N) is 4. The van der Waals surface area contributed by atoms with Crippen LogP contribution in [-0.2, 0) is 18.4 Å². The summed E-state index contributed by atoms with van der Waals surface area (Å²) in [5.74, 6) is 1.36. The van der Waals surface area contributed by atoms with Crippen LogP contribution in [0.4, 0.5) is 5.69 Å². The van der Waals surface area contributed by atoms with E-state index in [0.29, 0.717) is 5.75 Å². The highest BCUT2D eigenvalue weighted by Gasteiger charge is 2.05. The van der Waals surface area contributed by atoms with Crippen LogP contribution in [0.2, 0.25) is 0 Å². The summed E-state index contributed by atoms with van der Waals surface area (Å²) >= 11 is 1.61. The van der Waals surface area contributed by atoms with Crippen molar-refractivity contribution in [2.75, 3.05) is 24.2 Å². The molecule has 1 amide bonds. The first kappa shape index (κ1) is 20.8. The normalized spacial score (nSPS) is 10.7. The van der Waals surface area contributed by atoms with E-state index in [4.69, 9.17) is 4.74 Å². The van der Waals surface area contributed by atoms with Crippen LogP contribution < -0.4 is 15.4 Å². The number of rotatable bonds is 10. The van der Waals surface area contributed by atoms with Crippen LogP contribution in [0.1, 0.15) is 11.1 Å². The number of amides is 1. The van der Waals surface area contributed by atoms with Crippen LogP contribution in [0.15, 0.2) is 53.7 Å². The molecule has 2 N–H and O–H groups in total. The number of carbonyl (C=O) groups excluding carboxylic acids is 1. The molecule has 0 saturated heterocycles. The average molecular weight is 413 g/mol. The molecule has 3 aromatic rings. The summed E-state index contributed by atoms with van der Waals surface area (Å²) in [6, 6.07) is 15.4. The van der Waals surface area contributed by atoms with Crippen LogP contribution in [-0.4, -0.2) is 45.0 Å². The second-order valence-corrected chi connectivity index (χ2v) is 7.52. The Morgan fingerprint density at radius 2 is 1.90 bits per heavy atom. The molecular formula is C20H24N6O2S. The molecule has 1 heterocycles.